The van der Waals surface area contributed by atoms with E-state index in [0.717, 1.165) is 12.8 Å². The average molecular weight is 407 g/mol. The fraction of sp³-hybridized carbons (Fsp3) is 0.333. The highest BCUT2D eigenvalue weighted by molar-refractivity contribution is 9.10. The summed E-state index contributed by atoms with van der Waals surface area (Å²) in [5, 5.41) is 8.43. The normalized spacial score (nSPS) is 16.3. The molecule has 1 amide bonds. The predicted molar refractivity (Wildman–Crippen MR) is 92.4 cm³/mol. The maximum absolute atomic E-state index is 12.0. The molecule has 2 aliphatic rings. The lowest BCUT2D eigenvalue weighted by Gasteiger charge is -2.19. The Kier molecular flexibility index (Phi) is 4.26. The molecule has 1 aliphatic carbocycles. The first-order valence-corrected chi connectivity index (χ1v) is 8.59. The van der Waals surface area contributed by atoms with Crippen molar-refractivity contribution in [3.63, 3.8) is 0 Å². The number of hydrogen-bond acceptors (Lipinski definition) is 7. The van der Waals surface area contributed by atoms with Crippen LogP contribution in [0.4, 0.5) is 4.79 Å². The second-order valence-corrected chi connectivity index (χ2v) is 6.55. The zero-order chi connectivity index (χ0) is 17.2. The molecule has 10 heteroatoms. The monoisotopic (exact) mass is 406 g/mol. The molecule has 2 aromatic heterocycles. The van der Waals surface area contributed by atoms with Crippen molar-refractivity contribution in [3.05, 3.63) is 29.0 Å². The highest BCUT2D eigenvalue weighted by atomic mass is 79.9. The summed E-state index contributed by atoms with van der Waals surface area (Å²) in [6, 6.07) is 1.51. The van der Waals surface area contributed by atoms with E-state index in [-0.39, 0.29) is 11.8 Å². The Morgan fingerprint density at radius 2 is 2.32 bits per heavy atom. The highest BCUT2D eigenvalue weighted by Crippen LogP contribution is 2.28. The van der Waals surface area contributed by atoms with Crippen molar-refractivity contribution in [1.82, 2.24) is 25.0 Å². The molecule has 0 radical (unpaired) electrons. The Morgan fingerprint density at radius 3 is 3.08 bits per heavy atom. The summed E-state index contributed by atoms with van der Waals surface area (Å²) in [5.74, 6) is 1.04. The van der Waals surface area contributed by atoms with Gasteiger partial charge in [0.25, 0.3) is 5.88 Å². The van der Waals surface area contributed by atoms with Gasteiger partial charge in [0.05, 0.1) is 16.7 Å². The number of nitrogens with zero attached hydrogens (tertiary/aromatic N) is 5. The van der Waals surface area contributed by atoms with E-state index in [1.165, 1.54) is 15.6 Å². The number of amides is 1. The van der Waals surface area contributed by atoms with Crippen LogP contribution < -0.4 is 14.9 Å². The number of nitrogens with one attached hydrogen (secondary N) is 1. The van der Waals surface area contributed by atoms with Gasteiger partial charge in [-0.15, -0.1) is 0 Å². The standard InChI is InChI=1S/C15H15BrN6O3/c16-11-8-19-22-13(24-15(23)18-7-10-2-3-10)6-12(20-14(11)22)25-21-5-1-4-17-9-21/h1,4-6,8,10H,2-3,7,9H2,(H,18,23). The Morgan fingerprint density at radius 1 is 1.44 bits per heavy atom. The van der Waals surface area contributed by atoms with Crippen LogP contribution in [-0.2, 0) is 0 Å². The van der Waals surface area contributed by atoms with E-state index in [9.17, 15) is 4.79 Å². The summed E-state index contributed by atoms with van der Waals surface area (Å²) in [4.78, 5) is 26.1. The summed E-state index contributed by atoms with van der Waals surface area (Å²) < 4.78 is 7.48. The molecule has 25 heavy (non-hydrogen) atoms. The first-order chi connectivity index (χ1) is 12.2. The third-order valence-electron chi connectivity index (χ3n) is 3.68. The molecule has 130 valence electrons. The molecule has 1 N–H and O–H groups in total. The molecule has 2 aromatic rings. The van der Waals surface area contributed by atoms with Gasteiger partial charge in [-0.1, -0.05) is 0 Å². The Bertz CT molecular complexity index is 860. The van der Waals surface area contributed by atoms with Crippen LogP contribution >= 0.6 is 15.9 Å². The zero-order valence-electron chi connectivity index (χ0n) is 13.1. The molecule has 1 fully saturated rings. The number of aromatic nitrogens is 3. The van der Waals surface area contributed by atoms with E-state index in [1.807, 2.05) is 0 Å². The minimum Gasteiger partial charge on any atom is -0.391 e. The highest BCUT2D eigenvalue weighted by Gasteiger charge is 2.23. The minimum atomic E-state index is -0.528. The average Bonchev–Trinajstić information content (AvgIpc) is 3.37. The van der Waals surface area contributed by atoms with Crippen LogP contribution in [-0.4, -0.2) is 45.2 Å². The molecule has 0 spiro atoms. The van der Waals surface area contributed by atoms with Gasteiger partial charge in [-0.2, -0.15) is 19.7 Å². The van der Waals surface area contributed by atoms with Crippen LogP contribution in [0.5, 0.6) is 11.8 Å². The molecular weight excluding hydrogens is 392 g/mol. The lowest BCUT2D eigenvalue weighted by atomic mass is 10.4. The molecule has 1 aliphatic heterocycles. The van der Waals surface area contributed by atoms with Gasteiger partial charge in [-0.05, 0) is 40.8 Å². The van der Waals surface area contributed by atoms with Gasteiger partial charge >= 0.3 is 6.09 Å². The van der Waals surface area contributed by atoms with Crippen LogP contribution in [0, 0.1) is 5.92 Å². The molecule has 0 aromatic carbocycles. The van der Waals surface area contributed by atoms with E-state index in [0.29, 0.717) is 29.3 Å². The maximum atomic E-state index is 12.0. The van der Waals surface area contributed by atoms with E-state index < -0.39 is 6.09 Å². The number of hydroxylamine groups is 2. The topological polar surface area (TPSA) is 93.4 Å². The van der Waals surface area contributed by atoms with Gasteiger partial charge in [-0.25, -0.2) is 4.79 Å². The number of halogens is 1. The molecule has 0 atom stereocenters. The predicted octanol–water partition coefficient (Wildman–Crippen LogP) is 2.14. The fourth-order valence-electron chi connectivity index (χ4n) is 2.24. The number of carbonyl (C=O) groups is 1. The third-order valence-corrected chi connectivity index (χ3v) is 4.24. The Labute approximate surface area is 151 Å². The molecule has 1 saturated carbocycles. The number of allylic oxidation sites excluding steroid dienone is 1. The second kappa shape index (κ2) is 6.71. The van der Waals surface area contributed by atoms with Gasteiger partial charge in [-0.3, -0.25) is 4.99 Å². The molecule has 9 nitrogen and oxygen atoms in total. The Balaban J connectivity index is 1.56. The van der Waals surface area contributed by atoms with E-state index in [4.69, 9.17) is 9.57 Å². The van der Waals surface area contributed by atoms with Crippen molar-refractivity contribution < 1.29 is 14.4 Å². The quantitative estimate of drug-likeness (QED) is 0.817. The van der Waals surface area contributed by atoms with Crippen LogP contribution in [0.1, 0.15) is 12.8 Å². The number of hydrogen-bond donors (Lipinski definition) is 1. The molecule has 3 heterocycles. The smallest absolute Gasteiger partial charge is 0.391 e. The minimum absolute atomic E-state index is 0.212. The summed E-state index contributed by atoms with van der Waals surface area (Å²) in [7, 11) is 0. The van der Waals surface area contributed by atoms with Crippen molar-refractivity contribution in [3.8, 4) is 11.8 Å². The number of ether oxygens (including phenoxy) is 1. The van der Waals surface area contributed by atoms with E-state index in [2.05, 4.69) is 36.3 Å². The SMILES string of the molecule is O=C(NCC1CC1)Oc1cc(ON2C=CC=NC2)nc2c(Br)cnn12. The van der Waals surface area contributed by atoms with Crippen molar-refractivity contribution >= 4 is 33.9 Å². The lowest BCUT2D eigenvalue weighted by Crippen LogP contribution is -2.29. The molecule has 4 rings (SSSR count). The van der Waals surface area contributed by atoms with Crippen molar-refractivity contribution in [1.29, 1.82) is 0 Å². The summed E-state index contributed by atoms with van der Waals surface area (Å²) in [6.45, 7) is 0.970. The van der Waals surface area contributed by atoms with Crippen LogP contribution in [0.2, 0.25) is 0 Å². The van der Waals surface area contributed by atoms with Crippen molar-refractivity contribution in [2.24, 2.45) is 10.9 Å². The molecule has 0 saturated heterocycles. The lowest BCUT2D eigenvalue weighted by molar-refractivity contribution is -0.0101. The van der Waals surface area contributed by atoms with Crippen molar-refractivity contribution in [2.75, 3.05) is 13.2 Å². The first-order valence-electron chi connectivity index (χ1n) is 7.80. The number of aliphatic imine (C=N–C) groups is 1. The summed E-state index contributed by atoms with van der Waals surface area (Å²) in [6.07, 6.45) is 8.51. The van der Waals surface area contributed by atoms with Crippen molar-refractivity contribution in [2.45, 2.75) is 12.8 Å². The fourth-order valence-corrected chi connectivity index (χ4v) is 2.59. The molecule has 0 bridgehead atoms. The molecular formula is C15H15BrN6O3. The molecule has 0 unspecified atom stereocenters. The van der Waals surface area contributed by atoms with Gasteiger partial charge in [0.2, 0.25) is 5.88 Å². The maximum Gasteiger partial charge on any atom is 0.413 e. The van der Waals surface area contributed by atoms with Gasteiger partial charge < -0.3 is 14.9 Å². The van der Waals surface area contributed by atoms with E-state index >= 15 is 0 Å². The third kappa shape index (κ3) is 3.73. The van der Waals surface area contributed by atoms with Crippen LogP contribution in [0.25, 0.3) is 5.65 Å². The summed E-state index contributed by atoms with van der Waals surface area (Å²) in [5.41, 5.74) is 0.479. The first kappa shape index (κ1) is 15.9. The van der Waals surface area contributed by atoms with Crippen LogP contribution in [0.3, 0.4) is 0 Å². The largest absolute Gasteiger partial charge is 0.413 e. The Hall–Kier alpha value is -2.62. The van der Waals surface area contributed by atoms with Gasteiger partial charge in [0, 0.05) is 19.0 Å². The number of rotatable bonds is 5. The van der Waals surface area contributed by atoms with Gasteiger partial charge in [0.15, 0.2) is 5.65 Å². The van der Waals surface area contributed by atoms with Gasteiger partial charge in [0.1, 0.15) is 6.67 Å². The van der Waals surface area contributed by atoms with Crippen LogP contribution in [0.15, 0.2) is 34.0 Å². The second-order valence-electron chi connectivity index (χ2n) is 5.70. The number of fused-ring (bicyclic) bond motifs is 1. The summed E-state index contributed by atoms with van der Waals surface area (Å²) >= 11 is 3.38. The zero-order valence-corrected chi connectivity index (χ0v) is 14.7. The number of carbonyl (C=O) groups excluding carboxylic acids is 1. The van der Waals surface area contributed by atoms with E-state index in [1.54, 1.807) is 24.7 Å².